The van der Waals surface area contributed by atoms with Gasteiger partial charge in [0.15, 0.2) is 0 Å². The molecule has 154 valence electrons. The molecule has 4 rings (SSSR count). The summed E-state index contributed by atoms with van der Waals surface area (Å²) in [7, 11) is 0. The van der Waals surface area contributed by atoms with Crippen molar-refractivity contribution in [3.05, 3.63) is 65.2 Å². The summed E-state index contributed by atoms with van der Waals surface area (Å²) in [5, 5.41) is 3.05. The maximum Gasteiger partial charge on any atom is 0.220 e. The van der Waals surface area contributed by atoms with E-state index in [0.717, 1.165) is 39.0 Å². The van der Waals surface area contributed by atoms with Gasteiger partial charge in [0, 0.05) is 38.3 Å². The van der Waals surface area contributed by atoms with Gasteiger partial charge in [-0.25, -0.2) is 0 Å². The van der Waals surface area contributed by atoms with Crippen LogP contribution in [0.3, 0.4) is 0 Å². The lowest BCUT2D eigenvalue weighted by atomic mass is 10.0. The number of hydrogen-bond acceptors (Lipinski definition) is 3. The number of carbonyl (C=O) groups excluding carboxylic acids is 1. The van der Waals surface area contributed by atoms with E-state index in [1.165, 1.54) is 41.8 Å². The molecule has 2 aliphatic rings. The van der Waals surface area contributed by atoms with Gasteiger partial charge in [0.1, 0.15) is 0 Å². The van der Waals surface area contributed by atoms with Crippen LogP contribution in [0.2, 0.25) is 0 Å². The molecule has 0 spiro atoms. The van der Waals surface area contributed by atoms with E-state index in [-0.39, 0.29) is 11.9 Å². The molecule has 2 fully saturated rings. The van der Waals surface area contributed by atoms with Crippen molar-refractivity contribution in [3.63, 3.8) is 0 Å². The molecule has 1 atom stereocenters. The van der Waals surface area contributed by atoms with Gasteiger partial charge in [-0.15, -0.1) is 0 Å². The number of nitrogens with zero attached hydrogens (tertiary/aromatic N) is 2. The second-order valence-corrected chi connectivity index (χ2v) is 8.52. The average molecular weight is 392 g/mol. The molecule has 2 heterocycles. The summed E-state index contributed by atoms with van der Waals surface area (Å²) < 4.78 is 0. The van der Waals surface area contributed by atoms with Gasteiger partial charge in [0.2, 0.25) is 5.91 Å². The normalized spacial score (nSPS) is 20.1. The van der Waals surface area contributed by atoms with Gasteiger partial charge in [0.05, 0.1) is 6.04 Å². The van der Waals surface area contributed by atoms with Crippen molar-refractivity contribution >= 4 is 11.6 Å². The fourth-order valence-corrected chi connectivity index (χ4v) is 4.43. The highest BCUT2D eigenvalue weighted by atomic mass is 16.1. The van der Waals surface area contributed by atoms with Crippen LogP contribution in [0, 0.1) is 6.92 Å². The third-order valence-electron chi connectivity index (χ3n) is 6.34. The van der Waals surface area contributed by atoms with Crippen molar-refractivity contribution in [3.8, 4) is 0 Å². The van der Waals surface area contributed by atoms with Crippen molar-refractivity contribution < 1.29 is 4.79 Å². The Kier molecular flexibility index (Phi) is 6.50. The van der Waals surface area contributed by atoms with E-state index < -0.39 is 0 Å². The van der Waals surface area contributed by atoms with Crippen molar-refractivity contribution in [1.29, 1.82) is 0 Å². The lowest BCUT2D eigenvalue weighted by Crippen LogP contribution is -2.46. The topological polar surface area (TPSA) is 35.6 Å². The van der Waals surface area contributed by atoms with E-state index in [9.17, 15) is 4.79 Å². The van der Waals surface area contributed by atoms with Crippen molar-refractivity contribution in [1.82, 2.24) is 10.2 Å². The first-order valence-corrected chi connectivity index (χ1v) is 11.1. The molecule has 2 aromatic rings. The number of rotatable bonds is 7. The zero-order chi connectivity index (χ0) is 20.1. The molecular weight excluding hydrogens is 358 g/mol. The van der Waals surface area contributed by atoms with Crippen molar-refractivity contribution in [2.24, 2.45) is 0 Å². The first-order valence-electron chi connectivity index (χ1n) is 11.1. The minimum absolute atomic E-state index is 0.179. The number of anilines is 1. The number of aryl methyl sites for hydroxylation is 2. The number of unbranched alkanes of at least 4 members (excludes halogenated alkanes) is 1. The number of benzene rings is 2. The minimum Gasteiger partial charge on any atom is -0.369 e. The molecule has 2 aliphatic heterocycles. The smallest absolute Gasteiger partial charge is 0.220 e. The summed E-state index contributed by atoms with van der Waals surface area (Å²) >= 11 is 0. The zero-order valence-corrected chi connectivity index (χ0v) is 17.6. The van der Waals surface area contributed by atoms with E-state index in [0.29, 0.717) is 6.42 Å². The van der Waals surface area contributed by atoms with Gasteiger partial charge in [-0.1, -0.05) is 42.0 Å². The second kappa shape index (κ2) is 9.45. The molecule has 4 nitrogen and oxygen atoms in total. The van der Waals surface area contributed by atoms with Crippen LogP contribution in [-0.2, 0) is 11.2 Å². The molecule has 2 aromatic carbocycles. The molecule has 1 N–H and O–H groups in total. The Bertz CT molecular complexity index is 792. The summed E-state index contributed by atoms with van der Waals surface area (Å²) in [5.41, 5.74) is 5.33. The molecule has 0 bridgehead atoms. The highest BCUT2D eigenvalue weighted by molar-refractivity contribution is 5.78. The van der Waals surface area contributed by atoms with Gasteiger partial charge in [-0.3, -0.25) is 9.69 Å². The molecule has 0 saturated carbocycles. The van der Waals surface area contributed by atoms with Gasteiger partial charge in [0.25, 0.3) is 0 Å². The number of nitrogens with one attached hydrogen (secondary N) is 1. The average Bonchev–Trinajstić information content (AvgIpc) is 3.19. The van der Waals surface area contributed by atoms with Gasteiger partial charge < -0.3 is 10.2 Å². The SMILES string of the molecule is Cc1ccc(N2CCN(CCCCc3ccc(C4CCC(=O)N4)cc3)CC2)cc1. The summed E-state index contributed by atoms with van der Waals surface area (Å²) in [5.74, 6) is 0.179. The predicted octanol–water partition coefficient (Wildman–Crippen LogP) is 4.09. The third-order valence-corrected chi connectivity index (χ3v) is 6.34. The van der Waals surface area contributed by atoms with E-state index in [4.69, 9.17) is 0 Å². The number of carbonyl (C=O) groups is 1. The van der Waals surface area contributed by atoms with E-state index in [2.05, 4.69) is 70.6 Å². The highest BCUT2D eigenvalue weighted by Gasteiger charge is 2.22. The van der Waals surface area contributed by atoms with E-state index in [1.807, 2.05) is 0 Å². The Morgan fingerprint density at radius 2 is 1.66 bits per heavy atom. The van der Waals surface area contributed by atoms with Crippen LogP contribution in [0.1, 0.15) is 48.4 Å². The molecule has 0 radical (unpaired) electrons. The largest absolute Gasteiger partial charge is 0.369 e. The predicted molar refractivity (Wildman–Crippen MR) is 119 cm³/mol. The zero-order valence-electron chi connectivity index (χ0n) is 17.6. The van der Waals surface area contributed by atoms with E-state index >= 15 is 0 Å². The maximum absolute atomic E-state index is 11.4. The van der Waals surface area contributed by atoms with Gasteiger partial charge >= 0.3 is 0 Å². The Hall–Kier alpha value is -2.33. The summed E-state index contributed by atoms with van der Waals surface area (Å²) in [6.07, 6.45) is 5.21. The molecule has 4 heteroatoms. The lowest BCUT2D eigenvalue weighted by Gasteiger charge is -2.36. The fourth-order valence-electron chi connectivity index (χ4n) is 4.43. The maximum atomic E-state index is 11.4. The number of hydrogen-bond donors (Lipinski definition) is 1. The summed E-state index contributed by atoms with van der Waals surface area (Å²) in [4.78, 5) is 16.5. The first kappa shape index (κ1) is 20.0. The van der Waals surface area contributed by atoms with Crippen LogP contribution in [0.4, 0.5) is 5.69 Å². The monoisotopic (exact) mass is 391 g/mol. The van der Waals surface area contributed by atoms with Gasteiger partial charge in [-0.2, -0.15) is 0 Å². The van der Waals surface area contributed by atoms with Crippen LogP contribution in [0.15, 0.2) is 48.5 Å². The molecule has 0 aliphatic carbocycles. The second-order valence-electron chi connectivity index (χ2n) is 8.52. The first-order chi connectivity index (χ1) is 14.2. The Morgan fingerprint density at radius 3 is 2.31 bits per heavy atom. The lowest BCUT2D eigenvalue weighted by molar-refractivity contribution is -0.119. The molecule has 0 aromatic heterocycles. The molecule has 2 saturated heterocycles. The van der Waals surface area contributed by atoms with Gasteiger partial charge in [-0.05, 0) is 62.4 Å². The molecule has 29 heavy (non-hydrogen) atoms. The Morgan fingerprint density at radius 1 is 0.931 bits per heavy atom. The minimum atomic E-state index is 0.179. The van der Waals surface area contributed by atoms with Crippen molar-refractivity contribution in [2.45, 2.75) is 45.1 Å². The summed E-state index contributed by atoms with van der Waals surface area (Å²) in [6.45, 7) is 7.93. The van der Waals surface area contributed by atoms with Crippen LogP contribution in [0.5, 0.6) is 0 Å². The molecular formula is C25H33N3O. The Balaban J connectivity index is 1.14. The molecule has 1 amide bonds. The van der Waals surface area contributed by atoms with Crippen molar-refractivity contribution in [2.75, 3.05) is 37.6 Å². The van der Waals surface area contributed by atoms with Crippen LogP contribution < -0.4 is 10.2 Å². The number of piperazine rings is 1. The number of amides is 1. The summed E-state index contributed by atoms with van der Waals surface area (Å²) in [6, 6.07) is 18.0. The third kappa shape index (κ3) is 5.39. The van der Waals surface area contributed by atoms with Crippen LogP contribution in [-0.4, -0.2) is 43.5 Å². The quantitative estimate of drug-likeness (QED) is 0.722. The highest BCUT2D eigenvalue weighted by Crippen LogP contribution is 2.24. The van der Waals surface area contributed by atoms with Crippen LogP contribution >= 0.6 is 0 Å². The molecule has 1 unspecified atom stereocenters. The standard InChI is InChI=1S/C25H33N3O/c1-20-5-11-23(12-6-20)28-18-16-27(17-19-28)15-3-2-4-21-7-9-22(10-8-21)24-13-14-25(29)26-24/h5-12,24H,2-4,13-19H2,1H3,(H,26,29). The van der Waals surface area contributed by atoms with Crippen LogP contribution in [0.25, 0.3) is 0 Å². The fraction of sp³-hybridized carbons (Fsp3) is 0.480. The Labute approximate surface area is 174 Å². The van der Waals surface area contributed by atoms with E-state index in [1.54, 1.807) is 0 Å².